The summed E-state index contributed by atoms with van der Waals surface area (Å²) in [6.45, 7) is 2.10. The molecule has 1 fully saturated rings. The first-order valence-electron chi connectivity index (χ1n) is 11.4. The quantitative estimate of drug-likeness (QED) is 0.310. The average Bonchev–Trinajstić information content (AvgIpc) is 3.49. The summed E-state index contributed by atoms with van der Waals surface area (Å²) in [7, 11) is 0. The molecule has 6 rings (SSSR count). The van der Waals surface area contributed by atoms with Crippen LogP contribution in [0.5, 0.6) is 0 Å². The van der Waals surface area contributed by atoms with Crippen molar-refractivity contribution in [1.29, 1.82) is 0 Å². The van der Waals surface area contributed by atoms with Crippen LogP contribution in [0.1, 0.15) is 29.0 Å². The molecule has 1 aliphatic rings. The second-order valence-electron chi connectivity index (χ2n) is 8.67. The minimum Gasteiger partial charge on any atom is -0.351 e. The van der Waals surface area contributed by atoms with Gasteiger partial charge < -0.3 is 14.8 Å². The Balaban J connectivity index is 1.51. The summed E-state index contributed by atoms with van der Waals surface area (Å²) in [5.41, 5.74) is 5.53. The van der Waals surface area contributed by atoms with Crippen molar-refractivity contribution in [3.63, 3.8) is 0 Å². The molecule has 0 spiro atoms. The van der Waals surface area contributed by atoms with Crippen molar-refractivity contribution in [1.82, 2.24) is 14.9 Å². The van der Waals surface area contributed by atoms with Gasteiger partial charge in [-0.2, -0.15) is 0 Å². The predicted molar refractivity (Wildman–Crippen MR) is 142 cm³/mol. The molecular weight excluding hydrogens is 436 g/mol. The number of nitrogens with zero attached hydrogens (tertiary/aromatic N) is 3. The summed E-state index contributed by atoms with van der Waals surface area (Å²) >= 11 is 5.88. The van der Waals surface area contributed by atoms with Gasteiger partial charge >= 0.3 is 0 Å². The molecule has 34 heavy (non-hydrogen) atoms. The molecule has 5 heteroatoms. The summed E-state index contributed by atoms with van der Waals surface area (Å²) in [6, 6.07) is 33.8. The molecule has 4 nitrogen and oxygen atoms in total. The van der Waals surface area contributed by atoms with Gasteiger partial charge in [0.15, 0.2) is 5.11 Å². The van der Waals surface area contributed by atoms with E-state index in [1.54, 1.807) is 0 Å². The number of rotatable bonds is 4. The molecule has 1 N–H and O–H groups in total. The fraction of sp³-hybridized carbons (Fsp3) is 0.103. The zero-order valence-corrected chi connectivity index (χ0v) is 19.6. The predicted octanol–water partition coefficient (Wildman–Crippen LogP) is 6.51. The van der Waals surface area contributed by atoms with Gasteiger partial charge in [-0.25, -0.2) is 0 Å². The molecule has 0 radical (unpaired) electrons. The Kier molecular flexibility index (Phi) is 5.12. The van der Waals surface area contributed by atoms with Gasteiger partial charge in [-0.1, -0.05) is 54.1 Å². The van der Waals surface area contributed by atoms with Crippen LogP contribution in [-0.4, -0.2) is 14.7 Å². The number of anilines is 1. The van der Waals surface area contributed by atoms with E-state index in [1.165, 1.54) is 16.3 Å². The third-order valence-corrected chi connectivity index (χ3v) is 6.82. The minimum atomic E-state index is -0.0795. The summed E-state index contributed by atoms with van der Waals surface area (Å²) in [5.74, 6) is 0. The molecule has 0 bridgehead atoms. The normalized spacial score (nSPS) is 17.8. The summed E-state index contributed by atoms with van der Waals surface area (Å²) in [4.78, 5) is 6.91. The molecule has 0 saturated carbocycles. The summed E-state index contributed by atoms with van der Waals surface area (Å²) < 4.78 is 2.27. The van der Waals surface area contributed by atoms with Crippen LogP contribution in [0, 0.1) is 6.92 Å². The lowest BCUT2D eigenvalue weighted by Crippen LogP contribution is -2.30. The van der Waals surface area contributed by atoms with E-state index in [-0.39, 0.29) is 12.1 Å². The highest BCUT2D eigenvalue weighted by Crippen LogP contribution is 2.42. The van der Waals surface area contributed by atoms with Gasteiger partial charge in [0.05, 0.1) is 11.7 Å². The molecule has 5 aromatic rings. The van der Waals surface area contributed by atoms with Crippen molar-refractivity contribution in [3.05, 3.63) is 126 Å². The summed E-state index contributed by atoms with van der Waals surface area (Å²) in [6.07, 6.45) is 3.97. The Morgan fingerprint density at radius 3 is 2.35 bits per heavy atom. The van der Waals surface area contributed by atoms with Crippen LogP contribution in [0.2, 0.25) is 0 Å². The lowest BCUT2D eigenvalue weighted by Gasteiger charge is -2.29. The van der Waals surface area contributed by atoms with Crippen molar-refractivity contribution in [3.8, 4) is 5.69 Å². The molecule has 0 unspecified atom stereocenters. The van der Waals surface area contributed by atoms with Crippen LogP contribution in [0.4, 0.5) is 5.69 Å². The van der Waals surface area contributed by atoms with E-state index in [2.05, 4.69) is 118 Å². The number of aromatic nitrogens is 2. The van der Waals surface area contributed by atoms with Crippen LogP contribution in [0.3, 0.4) is 0 Å². The fourth-order valence-corrected chi connectivity index (χ4v) is 5.18. The molecule has 0 amide bonds. The lowest BCUT2D eigenvalue weighted by molar-refractivity contribution is 0.549. The van der Waals surface area contributed by atoms with E-state index in [1.807, 2.05) is 18.3 Å². The summed E-state index contributed by atoms with van der Waals surface area (Å²) in [5, 5.41) is 6.72. The van der Waals surface area contributed by atoms with Gasteiger partial charge in [0.1, 0.15) is 6.04 Å². The molecule has 3 heterocycles. The second-order valence-corrected chi connectivity index (χ2v) is 9.05. The van der Waals surface area contributed by atoms with Crippen molar-refractivity contribution in [2.24, 2.45) is 0 Å². The number of fused-ring (bicyclic) bond motifs is 1. The first-order chi connectivity index (χ1) is 16.7. The van der Waals surface area contributed by atoms with Crippen LogP contribution in [-0.2, 0) is 0 Å². The lowest BCUT2D eigenvalue weighted by atomic mass is 10.0. The number of thiocarbonyl (C=S) groups is 1. The van der Waals surface area contributed by atoms with Gasteiger partial charge in [-0.15, -0.1) is 0 Å². The third kappa shape index (κ3) is 3.55. The largest absolute Gasteiger partial charge is 0.351 e. The Labute approximate surface area is 204 Å². The van der Waals surface area contributed by atoms with E-state index in [9.17, 15) is 0 Å². The molecule has 166 valence electrons. The van der Waals surface area contributed by atoms with Gasteiger partial charge in [0.25, 0.3) is 0 Å². The minimum absolute atomic E-state index is 0.0634. The maximum atomic E-state index is 5.88. The smallest absolute Gasteiger partial charge is 0.174 e. The van der Waals surface area contributed by atoms with Gasteiger partial charge in [-0.3, -0.25) is 4.98 Å². The highest BCUT2D eigenvalue weighted by molar-refractivity contribution is 7.80. The Hall–Kier alpha value is -3.96. The first kappa shape index (κ1) is 20.6. The van der Waals surface area contributed by atoms with E-state index < -0.39 is 0 Å². The van der Waals surface area contributed by atoms with Crippen molar-refractivity contribution < 1.29 is 0 Å². The topological polar surface area (TPSA) is 33.1 Å². The van der Waals surface area contributed by atoms with E-state index >= 15 is 0 Å². The SMILES string of the molecule is Cc1ccc(N2C(=S)N[C@@H](c3ccccn3)[C@H]2c2cccn2-c2ccc3ccccc3c2)cc1. The van der Waals surface area contributed by atoms with Crippen LogP contribution in [0.15, 0.2) is 109 Å². The molecule has 1 saturated heterocycles. The Morgan fingerprint density at radius 1 is 0.794 bits per heavy atom. The van der Waals surface area contributed by atoms with Crippen molar-refractivity contribution >= 4 is 33.8 Å². The number of pyridine rings is 1. The van der Waals surface area contributed by atoms with Gasteiger partial charge in [0.2, 0.25) is 0 Å². The Bertz CT molecular complexity index is 1470. The van der Waals surface area contributed by atoms with Gasteiger partial charge in [0, 0.05) is 29.5 Å². The van der Waals surface area contributed by atoms with E-state index in [0.29, 0.717) is 5.11 Å². The molecule has 2 atom stereocenters. The highest BCUT2D eigenvalue weighted by atomic mass is 32.1. The van der Waals surface area contributed by atoms with Crippen LogP contribution in [0.25, 0.3) is 16.5 Å². The molecule has 2 aromatic heterocycles. The second kappa shape index (κ2) is 8.43. The Morgan fingerprint density at radius 2 is 1.56 bits per heavy atom. The number of hydrogen-bond donors (Lipinski definition) is 1. The number of benzene rings is 3. The van der Waals surface area contributed by atoms with E-state index in [4.69, 9.17) is 12.2 Å². The highest BCUT2D eigenvalue weighted by Gasteiger charge is 2.42. The zero-order chi connectivity index (χ0) is 23.1. The average molecular weight is 461 g/mol. The van der Waals surface area contributed by atoms with Crippen molar-refractivity contribution in [2.75, 3.05) is 4.90 Å². The standard InChI is InChI=1S/C29H24N4S/c1-20-11-14-23(15-12-20)33-28(27(31-29(33)34)25-9-4-5-17-30-25)26-10-6-18-32(26)24-16-13-21-7-2-3-8-22(21)19-24/h2-19,27-28H,1H3,(H,31,34)/t27-,28+/m0/s1. The fourth-order valence-electron chi connectivity index (χ4n) is 4.84. The van der Waals surface area contributed by atoms with Gasteiger partial charge in [-0.05, 0) is 78.4 Å². The molecule has 0 aliphatic carbocycles. The monoisotopic (exact) mass is 460 g/mol. The molecule has 3 aromatic carbocycles. The maximum Gasteiger partial charge on any atom is 0.174 e. The van der Waals surface area contributed by atoms with Crippen molar-refractivity contribution in [2.45, 2.75) is 19.0 Å². The van der Waals surface area contributed by atoms with E-state index in [0.717, 1.165) is 22.8 Å². The molecular formula is C29H24N4S. The number of hydrogen-bond acceptors (Lipinski definition) is 2. The number of aryl methyl sites for hydroxylation is 1. The van der Waals surface area contributed by atoms with Crippen LogP contribution >= 0.6 is 12.2 Å². The first-order valence-corrected chi connectivity index (χ1v) is 11.8. The van der Waals surface area contributed by atoms with Crippen LogP contribution < -0.4 is 10.2 Å². The molecule has 1 aliphatic heterocycles. The number of nitrogens with one attached hydrogen (secondary N) is 1. The third-order valence-electron chi connectivity index (χ3n) is 6.50. The zero-order valence-electron chi connectivity index (χ0n) is 18.8. The maximum absolute atomic E-state index is 5.88.